The van der Waals surface area contributed by atoms with Crippen LogP contribution in [0.1, 0.15) is 15.6 Å². The summed E-state index contributed by atoms with van der Waals surface area (Å²) in [6.45, 7) is 0. The number of rotatable bonds is 4. The molecule has 0 radical (unpaired) electrons. The van der Waals surface area contributed by atoms with Gasteiger partial charge in [-0.05, 0) is 36.4 Å². The van der Waals surface area contributed by atoms with Crippen LogP contribution in [0.2, 0.25) is 0 Å². The molecule has 0 aliphatic carbocycles. The van der Waals surface area contributed by atoms with E-state index in [1.807, 2.05) is 30.3 Å². The van der Waals surface area contributed by atoms with Crippen molar-refractivity contribution in [1.29, 1.82) is 0 Å². The van der Waals surface area contributed by atoms with Crippen LogP contribution in [0.25, 0.3) is 16.7 Å². The highest BCUT2D eigenvalue weighted by atomic mass is 79.9. The molecule has 0 unspecified atom stereocenters. The van der Waals surface area contributed by atoms with Gasteiger partial charge in [0.2, 0.25) is 4.80 Å². The minimum atomic E-state index is -0.389. The average Bonchev–Trinajstić information content (AvgIpc) is 3.26. The summed E-state index contributed by atoms with van der Waals surface area (Å²) in [7, 11) is 0. The van der Waals surface area contributed by atoms with Crippen LogP contribution in [0.4, 0.5) is 0 Å². The van der Waals surface area contributed by atoms with E-state index in [1.54, 1.807) is 24.3 Å². The maximum absolute atomic E-state index is 12.8. The molecule has 0 aliphatic rings. The molecule has 2 aromatic carbocycles. The summed E-state index contributed by atoms with van der Waals surface area (Å²) in [5.74, 6) is -0.225. The minimum absolute atomic E-state index is 0.148. The van der Waals surface area contributed by atoms with Crippen LogP contribution >= 0.6 is 27.3 Å². The van der Waals surface area contributed by atoms with Gasteiger partial charge in [0.1, 0.15) is 5.58 Å². The Morgan fingerprint density at radius 2 is 1.96 bits per heavy atom. The lowest BCUT2D eigenvalue weighted by molar-refractivity contribution is 0.101. The summed E-state index contributed by atoms with van der Waals surface area (Å²) in [5, 5.41) is 11.3. The predicted octanol–water partition coefficient (Wildman–Crippen LogP) is 4.26. The first-order chi connectivity index (χ1) is 12.7. The van der Waals surface area contributed by atoms with Crippen LogP contribution in [0.15, 0.2) is 73.9 Å². The number of carbonyl (C=O) groups excluding carboxylic acids is 1. The minimum Gasteiger partial charge on any atom is -0.452 e. The fraction of sp³-hybridized carbons (Fsp3) is 0. The molecular weight excluding hydrogens is 420 g/mol. The number of fused-ring (bicyclic) bond motifs is 1. The molecule has 0 N–H and O–H groups in total. The quantitative estimate of drug-likeness (QED) is 0.276. The Bertz CT molecular complexity index is 1190. The van der Waals surface area contributed by atoms with Gasteiger partial charge in [0.05, 0.1) is 11.0 Å². The van der Waals surface area contributed by atoms with E-state index in [1.165, 1.54) is 4.68 Å². The van der Waals surface area contributed by atoms with Crippen LogP contribution in [0.5, 0.6) is 0 Å². The number of furan rings is 1. The standard InChI is InChI=1S/C17H9BrN4O3S/c18-11-6-7-13-10(8-11)9-14(25-13)15(23)16-20-22(17(26-16)19-21-24)12-4-2-1-3-5-12/h1-9H/b19-17+. The molecule has 0 bridgehead atoms. The Kier molecular flexibility index (Phi) is 4.31. The molecule has 4 aromatic rings. The molecule has 0 atom stereocenters. The second kappa shape index (κ2) is 6.77. The van der Waals surface area contributed by atoms with E-state index in [0.29, 0.717) is 11.3 Å². The smallest absolute Gasteiger partial charge is 0.258 e. The molecule has 128 valence electrons. The highest BCUT2D eigenvalue weighted by molar-refractivity contribution is 9.10. The van der Waals surface area contributed by atoms with Crippen LogP contribution in [0, 0.1) is 4.91 Å². The zero-order valence-corrected chi connectivity index (χ0v) is 15.4. The van der Waals surface area contributed by atoms with E-state index in [0.717, 1.165) is 21.2 Å². The normalized spacial score (nSPS) is 11.8. The van der Waals surface area contributed by atoms with Gasteiger partial charge in [-0.1, -0.05) is 50.6 Å². The zero-order chi connectivity index (χ0) is 18.1. The first-order valence-electron chi connectivity index (χ1n) is 7.41. The van der Waals surface area contributed by atoms with Crippen molar-refractivity contribution in [3.63, 3.8) is 0 Å². The van der Waals surface area contributed by atoms with Crippen LogP contribution in [0.3, 0.4) is 0 Å². The summed E-state index contributed by atoms with van der Waals surface area (Å²) in [6, 6.07) is 16.2. The number of para-hydroxylation sites is 1. The lowest BCUT2D eigenvalue weighted by Crippen LogP contribution is -2.13. The topological polar surface area (TPSA) is 89.8 Å². The van der Waals surface area contributed by atoms with Gasteiger partial charge in [-0.3, -0.25) is 4.79 Å². The van der Waals surface area contributed by atoms with Gasteiger partial charge in [-0.2, -0.15) is 5.10 Å². The molecule has 0 saturated carbocycles. The van der Waals surface area contributed by atoms with Crippen molar-refractivity contribution in [3.8, 4) is 5.69 Å². The Morgan fingerprint density at radius 1 is 1.15 bits per heavy atom. The maximum atomic E-state index is 12.8. The van der Waals surface area contributed by atoms with Gasteiger partial charge in [0.15, 0.2) is 10.8 Å². The van der Waals surface area contributed by atoms with Crippen LogP contribution in [-0.2, 0) is 0 Å². The number of nitrogens with zero attached hydrogens (tertiary/aromatic N) is 4. The van der Waals surface area contributed by atoms with Crippen molar-refractivity contribution in [2.24, 2.45) is 10.4 Å². The Balaban J connectivity index is 1.80. The SMILES string of the molecule is O=N/N=c1/sc(C(=O)c2cc3cc(Br)ccc3o2)nn1-c1ccccc1. The molecular formula is C17H9BrN4O3S. The fourth-order valence-corrected chi connectivity index (χ4v) is 3.62. The van der Waals surface area contributed by atoms with E-state index in [9.17, 15) is 9.70 Å². The average molecular weight is 429 g/mol. The number of nitroso groups, excluding NO2 is 1. The highest BCUT2D eigenvalue weighted by Crippen LogP contribution is 2.25. The van der Waals surface area contributed by atoms with E-state index in [2.05, 4.69) is 31.4 Å². The Labute approximate surface area is 158 Å². The highest BCUT2D eigenvalue weighted by Gasteiger charge is 2.20. The third-order valence-electron chi connectivity index (χ3n) is 3.58. The molecule has 4 rings (SSSR count). The van der Waals surface area contributed by atoms with Gasteiger partial charge >= 0.3 is 0 Å². The van der Waals surface area contributed by atoms with Crippen molar-refractivity contribution in [2.45, 2.75) is 0 Å². The van der Waals surface area contributed by atoms with Crippen LogP contribution in [-0.4, -0.2) is 15.6 Å². The molecule has 0 saturated heterocycles. The predicted molar refractivity (Wildman–Crippen MR) is 100 cm³/mol. The molecule has 2 aromatic heterocycles. The summed E-state index contributed by atoms with van der Waals surface area (Å²) < 4.78 is 7.91. The molecule has 9 heteroatoms. The van der Waals surface area contributed by atoms with Crippen molar-refractivity contribution in [1.82, 2.24) is 9.78 Å². The second-order valence-corrected chi connectivity index (χ2v) is 7.11. The lowest BCUT2D eigenvalue weighted by atomic mass is 10.2. The number of hydrogen-bond donors (Lipinski definition) is 0. The van der Waals surface area contributed by atoms with Crippen molar-refractivity contribution in [2.75, 3.05) is 0 Å². The van der Waals surface area contributed by atoms with Gasteiger partial charge in [-0.15, -0.1) is 4.91 Å². The van der Waals surface area contributed by atoms with E-state index < -0.39 is 0 Å². The van der Waals surface area contributed by atoms with E-state index in [4.69, 9.17) is 4.42 Å². The van der Waals surface area contributed by atoms with Gasteiger partial charge in [0.25, 0.3) is 5.78 Å². The van der Waals surface area contributed by atoms with Crippen molar-refractivity contribution >= 4 is 44.0 Å². The van der Waals surface area contributed by atoms with Gasteiger partial charge in [0, 0.05) is 9.86 Å². The Morgan fingerprint density at radius 3 is 2.73 bits per heavy atom. The first-order valence-corrected chi connectivity index (χ1v) is 9.02. The molecule has 0 fully saturated rings. The second-order valence-electron chi connectivity index (χ2n) is 5.24. The summed E-state index contributed by atoms with van der Waals surface area (Å²) >= 11 is 4.35. The number of ketones is 1. The number of halogens is 1. The van der Waals surface area contributed by atoms with Gasteiger partial charge in [-0.25, -0.2) is 4.68 Å². The summed E-state index contributed by atoms with van der Waals surface area (Å²) in [6.07, 6.45) is 0. The first kappa shape index (κ1) is 16.6. The number of aromatic nitrogens is 2. The number of carbonyl (C=O) groups is 1. The molecule has 7 nitrogen and oxygen atoms in total. The monoisotopic (exact) mass is 428 g/mol. The van der Waals surface area contributed by atoms with Crippen molar-refractivity contribution < 1.29 is 9.21 Å². The van der Waals surface area contributed by atoms with Crippen LogP contribution < -0.4 is 4.80 Å². The maximum Gasteiger partial charge on any atom is 0.258 e. The van der Waals surface area contributed by atoms with Gasteiger partial charge < -0.3 is 4.42 Å². The van der Waals surface area contributed by atoms with Crippen molar-refractivity contribution in [3.05, 3.63) is 79.5 Å². The molecule has 2 heterocycles. The number of benzene rings is 2. The third-order valence-corrected chi connectivity index (χ3v) is 4.97. The molecule has 0 aliphatic heterocycles. The third kappa shape index (κ3) is 3.02. The largest absolute Gasteiger partial charge is 0.452 e. The fourth-order valence-electron chi connectivity index (χ4n) is 2.44. The summed E-state index contributed by atoms with van der Waals surface area (Å²) in [4.78, 5) is 23.6. The molecule has 26 heavy (non-hydrogen) atoms. The van der Waals surface area contributed by atoms with E-state index in [-0.39, 0.29) is 21.4 Å². The lowest BCUT2D eigenvalue weighted by Gasteiger charge is -1.98. The summed E-state index contributed by atoms with van der Waals surface area (Å²) in [5.41, 5.74) is 1.27. The zero-order valence-electron chi connectivity index (χ0n) is 13.0. The molecule has 0 spiro atoms. The Hall–Kier alpha value is -2.91. The molecule has 0 amide bonds. The number of hydrogen-bond acceptors (Lipinski definition) is 6. The van der Waals surface area contributed by atoms with E-state index >= 15 is 0 Å².